The predicted octanol–water partition coefficient (Wildman–Crippen LogP) is 2.03. The number of nitrogens with zero attached hydrogens (tertiary/aromatic N) is 1. The van der Waals surface area contributed by atoms with Crippen molar-refractivity contribution in [3.05, 3.63) is 35.9 Å². The van der Waals surface area contributed by atoms with Crippen LogP contribution in [0.4, 0.5) is 0 Å². The van der Waals surface area contributed by atoms with Crippen LogP contribution in [0.1, 0.15) is 50.5 Å². The van der Waals surface area contributed by atoms with Crippen molar-refractivity contribution in [1.82, 2.24) is 10.2 Å². The smallest absolute Gasteiger partial charge is 0.230 e. The summed E-state index contributed by atoms with van der Waals surface area (Å²) in [5.41, 5.74) is 6.48. The fourth-order valence-electron chi connectivity index (χ4n) is 3.39. The van der Waals surface area contributed by atoms with Crippen LogP contribution in [0.5, 0.6) is 0 Å². The zero-order valence-corrected chi connectivity index (χ0v) is 14.5. The van der Waals surface area contributed by atoms with E-state index >= 15 is 0 Å². The van der Waals surface area contributed by atoms with Crippen molar-refractivity contribution >= 4 is 11.8 Å². The Morgan fingerprint density at radius 2 is 2.04 bits per heavy atom. The minimum absolute atomic E-state index is 0.0365. The SMILES string of the molecule is CCC(C(=O)N1CCCCC1CNC(=O)CCN)c1ccccc1. The van der Waals surface area contributed by atoms with Gasteiger partial charge in [-0.1, -0.05) is 37.3 Å². The van der Waals surface area contributed by atoms with E-state index in [1.54, 1.807) is 0 Å². The molecule has 2 rings (SSSR count). The van der Waals surface area contributed by atoms with Gasteiger partial charge in [0.1, 0.15) is 0 Å². The molecule has 2 amide bonds. The van der Waals surface area contributed by atoms with E-state index in [9.17, 15) is 9.59 Å². The van der Waals surface area contributed by atoms with Gasteiger partial charge in [0.2, 0.25) is 11.8 Å². The number of rotatable bonds is 7. The van der Waals surface area contributed by atoms with E-state index in [1.807, 2.05) is 35.2 Å². The Labute approximate surface area is 144 Å². The summed E-state index contributed by atoms with van der Waals surface area (Å²) >= 11 is 0. The number of likely N-dealkylation sites (tertiary alicyclic amines) is 1. The van der Waals surface area contributed by atoms with Crippen LogP contribution in [0.25, 0.3) is 0 Å². The third-order valence-electron chi connectivity index (χ3n) is 4.72. The molecule has 5 heteroatoms. The molecule has 0 saturated carbocycles. The van der Waals surface area contributed by atoms with Gasteiger partial charge in [-0.2, -0.15) is 0 Å². The number of amides is 2. The maximum absolute atomic E-state index is 13.1. The summed E-state index contributed by atoms with van der Waals surface area (Å²) in [4.78, 5) is 26.8. The van der Waals surface area contributed by atoms with Crippen LogP contribution < -0.4 is 11.1 Å². The third kappa shape index (κ3) is 4.81. The Morgan fingerprint density at radius 3 is 2.71 bits per heavy atom. The molecule has 0 radical (unpaired) electrons. The van der Waals surface area contributed by atoms with Gasteiger partial charge in [0.05, 0.1) is 5.92 Å². The topological polar surface area (TPSA) is 75.4 Å². The molecule has 1 aliphatic heterocycles. The molecule has 0 bridgehead atoms. The summed E-state index contributed by atoms with van der Waals surface area (Å²) in [5, 5.41) is 2.92. The zero-order valence-electron chi connectivity index (χ0n) is 14.5. The Hall–Kier alpha value is -1.88. The number of benzene rings is 1. The van der Waals surface area contributed by atoms with Crippen molar-refractivity contribution < 1.29 is 9.59 Å². The number of carbonyl (C=O) groups is 2. The molecule has 24 heavy (non-hydrogen) atoms. The Kier molecular flexibility index (Phi) is 7.25. The largest absolute Gasteiger partial charge is 0.354 e. The molecule has 1 aromatic rings. The van der Waals surface area contributed by atoms with Crippen LogP contribution in [-0.2, 0) is 9.59 Å². The molecule has 2 unspecified atom stereocenters. The van der Waals surface area contributed by atoms with Gasteiger partial charge in [-0.05, 0) is 31.2 Å². The van der Waals surface area contributed by atoms with E-state index in [4.69, 9.17) is 5.73 Å². The van der Waals surface area contributed by atoms with E-state index in [2.05, 4.69) is 12.2 Å². The second-order valence-corrected chi connectivity index (χ2v) is 6.40. The van der Waals surface area contributed by atoms with E-state index in [0.717, 1.165) is 37.8 Å². The molecule has 132 valence electrons. The molecule has 0 aliphatic carbocycles. The van der Waals surface area contributed by atoms with Gasteiger partial charge in [-0.3, -0.25) is 9.59 Å². The number of hydrogen-bond acceptors (Lipinski definition) is 3. The average Bonchev–Trinajstić information content (AvgIpc) is 2.62. The van der Waals surface area contributed by atoms with Gasteiger partial charge in [0.15, 0.2) is 0 Å². The maximum atomic E-state index is 13.1. The summed E-state index contributed by atoms with van der Waals surface area (Å²) in [5.74, 6) is 0.0404. The standard InChI is InChI=1S/C19H29N3O2/c1-2-17(15-8-4-3-5-9-15)19(24)22-13-7-6-10-16(22)14-21-18(23)11-12-20/h3-5,8-9,16-17H,2,6-7,10-14,20H2,1H3,(H,21,23). The summed E-state index contributed by atoms with van der Waals surface area (Å²) in [6.45, 7) is 3.71. The first-order chi connectivity index (χ1) is 11.7. The molecule has 1 fully saturated rings. The Bertz CT molecular complexity index is 533. The van der Waals surface area contributed by atoms with Gasteiger partial charge in [-0.15, -0.1) is 0 Å². The van der Waals surface area contributed by atoms with Gasteiger partial charge in [0.25, 0.3) is 0 Å². The van der Waals surface area contributed by atoms with Crippen molar-refractivity contribution in [2.24, 2.45) is 5.73 Å². The number of nitrogens with two attached hydrogens (primary N) is 1. The van der Waals surface area contributed by atoms with Crippen molar-refractivity contribution in [3.63, 3.8) is 0 Å². The lowest BCUT2D eigenvalue weighted by Gasteiger charge is -2.38. The molecule has 1 aliphatic rings. The van der Waals surface area contributed by atoms with E-state index in [1.165, 1.54) is 0 Å². The molecule has 0 spiro atoms. The first-order valence-electron chi connectivity index (χ1n) is 8.99. The van der Waals surface area contributed by atoms with Crippen LogP contribution in [0, 0.1) is 0 Å². The lowest BCUT2D eigenvalue weighted by Crippen LogP contribution is -2.50. The molecule has 0 aromatic heterocycles. The number of piperidine rings is 1. The maximum Gasteiger partial charge on any atom is 0.230 e. The highest BCUT2D eigenvalue weighted by Gasteiger charge is 2.31. The average molecular weight is 331 g/mol. The summed E-state index contributed by atoms with van der Waals surface area (Å²) in [6.07, 6.45) is 4.20. The molecular weight excluding hydrogens is 302 g/mol. The molecule has 3 N–H and O–H groups in total. The van der Waals surface area contributed by atoms with Crippen LogP contribution in [0.3, 0.4) is 0 Å². The fraction of sp³-hybridized carbons (Fsp3) is 0.579. The highest BCUT2D eigenvalue weighted by Crippen LogP contribution is 2.26. The van der Waals surface area contributed by atoms with Gasteiger partial charge in [0, 0.05) is 32.1 Å². The zero-order chi connectivity index (χ0) is 17.4. The summed E-state index contributed by atoms with van der Waals surface area (Å²) in [7, 11) is 0. The second kappa shape index (κ2) is 9.42. The minimum atomic E-state index is -0.105. The van der Waals surface area contributed by atoms with Crippen molar-refractivity contribution in [1.29, 1.82) is 0 Å². The van der Waals surface area contributed by atoms with E-state index < -0.39 is 0 Å². The quantitative estimate of drug-likeness (QED) is 0.803. The second-order valence-electron chi connectivity index (χ2n) is 6.40. The number of nitrogens with one attached hydrogen (secondary N) is 1. The van der Waals surface area contributed by atoms with Crippen molar-refractivity contribution in [2.45, 2.75) is 51.0 Å². The monoisotopic (exact) mass is 331 g/mol. The summed E-state index contributed by atoms with van der Waals surface area (Å²) < 4.78 is 0. The first-order valence-corrected chi connectivity index (χ1v) is 8.99. The first kappa shape index (κ1) is 18.5. The van der Waals surface area contributed by atoms with Gasteiger partial charge >= 0.3 is 0 Å². The van der Waals surface area contributed by atoms with Crippen molar-refractivity contribution in [2.75, 3.05) is 19.6 Å². The molecule has 5 nitrogen and oxygen atoms in total. The Morgan fingerprint density at radius 1 is 1.29 bits per heavy atom. The lowest BCUT2D eigenvalue weighted by molar-refractivity contribution is -0.137. The molecule has 1 heterocycles. The normalized spacial score (nSPS) is 18.9. The van der Waals surface area contributed by atoms with Crippen LogP contribution in [0.2, 0.25) is 0 Å². The van der Waals surface area contributed by atoms with Crippen LogP contribution in [-0.4, -0.2) is 42.4 Å². The van der Waals surface area contributed by atoms with Crippen LogP contribution in [0.15, 0.2) is 30.3 Å². The highest BCUT2D eigenvalue weighted by atomic mass is 16.2. The lowest BCUT2D eigenvalue weighted by atomic mass is 9.92. The fourth-order valence-corrected chi connectivity index (χ4v) is 3.39. The van der Waals surface area contributed by atoms with E-state index in [-0.39, 0.29) is 23.8 Å². The predicted molar refractivity (Wildman–Crippen MR) is 95.5 cm³/mol. The highest BCUT2D eigenvalue weighted by molar-refractivity contribution is 5.84. The minimum Gasteiger partial charge on any atom is -0.354 e. The summed E-state index contributed by atoms with van der Waals surface area (Å²) in [6, 6.07) is 10.1. The molecule has 1 saturated heterocycles. The van der Waals surface area contributed by atoms with E-state index in [0.29, 0.717) is 19.5 Å². The van der Waals surface area contributed by atoms with Gasteiger partial charge < -0.3 is 16.0 Å². The Balaban J connectivity index is 2.05. The third-order valence-corrected chi connectivity index (χ3v) is 4.72. The van der Waals surface area contributed by atoms with Crippen LogP contribution >= 0.6 is 0 Å². The molecule has 1 aromatic carbocycles. The number of hydrogen-bond donors (Lipinski definition) is 2. The van der Waals surface area contributed by atoms with Crippen molar-refractivity contribution in [3.8, 4) is 0 Å². The number of carbonyl (C=O) groups excluding carboxylic acids is 2. The molecule has 2 atom stereocenters. The molecular formula is C19H29N3O2. The van der Waals surface area contributed by atoms with Gasteiger partial charge in [-0.25, -0.2) is 0 Å².